The van der Waals surface area contributed by atoms with Gasteiger partial charge in [0, 0.05) is 0 Å². The summed E-state index contributed by atoms with van der Waals surface area (Å²) in [5.41, 5.74) is 6.90. The summed E-state index contributed by atoms with van der Waals surface area (Å²) in [5, 5.41) is 19.0. The summed E-state index contributed by atoms with van der Waals surface area (Å²) in [5.74, 6) is 0.0203. The first kappa shape index (κ1) is 15.0. The van der Waals surface area contributed by atoms with E-state index in [1.165, 1.54) is 23.0 Å². The molecule has 2 aromatic heterocycles. The molecule has 0 fully saturated rings. The van der Waals surface area contributed by atoms with E-state index < -0.39 is 5.82 Å². The molecule has 2 N–H and O–H groups in total. The third kappa shape index (κ3) is 3.31. The van der Waals surface area contributed by atoms with Crippen LogP contribution in [0.4, 0.5) is 10.1 Å². The van der Waals surface area contributed by atoms with Gasteiger partial charge in [0.2, 0.25) is 0 Å². The number of hydrogen-bond donors (Lipinski definition) is 1. The molecule has 0 atom stereocenters. The summed E-state index contributed by atoms with van der Waals surface area (Å²) in [6, 6.07) is 3.97. The minimum Gasteiger partial charge on any atom is -0.382 e. The maximum atomic E-state index is 13.1. The van der Waals surface area contributed by atoms with E-state index in [0.717, 1.165) is 0 Å². The van der Waals surface area contributed by atoms with E-state index in [0.29, 0.717) is 17.2 Å². The smallest absolute Gasteiger partial charge is 0.175 e. The normalized spacial score (nSPS) is 11.9. The molecule has 1 aromatic carbocycles. The van der Waals surface area contributed by atoms with E-state index in [1.54, 1.807) is 6.92 Å². The van der Waals surface area contributed by atoms with Crippen LogP contribution in [0, 0.1) is 12.7 Å². The van der Waals surface area contributed by atoms with Gasteiger partial charge in [0.25, 0.3) is 0 Å². The molecular weight excluding hydrogens is 327 g/mol. The van der Waals surface area contributed by atoms with Crippen molar-refractivity contribution in [3.63, 3.8) is 0 Å². The van der Waals surface area contributed by atoms with Gasteiger partial charge in [-0.15, -0.1) is 10.2 Å². The summed E-state index contributed by atoms with van der Waals surface area (Å²) in [6.07, 6.45) is 0. The number of halogens is 2. The van der Waals surface area contributed by atoms with Gasteiger partial charge in [-0.2, -0.15) is 4.80 Å². The van der Waals surface area contributed by atoms with Gasteiger partial charge < -0.3 is 5.73 Å². The molecule has 2 heterocycles. The number of aryl methyl sites for hydroxylation is 1. The van der Waals surface area contributed by atoms with Crippen molar-refractivity contribution in [1.29, 1.82) is 0 Å². The second-order valence-electron chi connectivity index (χ2n) is 4.52. The predicted molar refractivity (Wildman–Crippen MR) is 77.7 cm³/mol. The standard InChI is InChI=1S/C12H10ClFN8O/c1-6-17-21-22(18-6)5-10-11(20-23-19-10)12(15)16-7-2-3-9(14)8(13)4-7/h2-4H,5H2,1H3,(H2,15,16). The highest BCUT2D eigenvalue weighted by Gasteiger charge is 2.16. The Bertz CT molecular complexity index is 874. The zero-order valence-electron chi connectivity index (χ0n) is 11.8. The van der Waals surface area contributed by atoms with E-state index in [2.05, 4.69) is 30.7 Å². The van der Waals surface area contributed by atoms with Crippen molar-refractivity contribution in [1.82, 2.24) is 30.5 Å². The van der Waals surface area contributed by atoms with Crippen LogP contribution in [0.5, 0.6) is 0 Å². The van der Waals surface area contributed by atoms with Gasteiger partial charge in [-0.1, -0.05) is 16.8 Å². The molecule has 0 bridgehead atoms. The molecule has 0 saturated heterocycles. The zero-order chi connectivity index (χ0) is 16.4. The molecule has 3 aromatic rings. The van der Waals surface area contributed by atoms with Gasteiger partial charge in [-0.05, 0) is 35.5 Å². The van der Waals surface area contributed by atoms with Crippen LogP contribution in [0.2, 0.25) is 5.02 Å². The quantitative estimate of drug-likeness (QED) is 0.562. The number of aliphatic imine (C=N–C) groups is 1. The van der Waals surface area contributed by atoms with Crippen molar-refractivity contribution >= 4 is 23.1 Å². The fourth-order valence-corrected chi connectivity index (χ4v) is 1.95. The molecule has 0 aliphatic heterocycles. The Morgan fingerprint density at radius 2 is 2.26 bits per heavy atom. The lowest BCUT2D eigenvalue weighted by molar-refractivity contribution is 0.301. The first-order valence-corrected chi connectivity index (χ1v) is 6.76. The molecule has 0 unspecified atom stereocenters. The van der Waals surface area contributed by atoms with Gasteiger partial charge in [-0.25, -0.2) is 14.0 Å². The van der Waals surface area contributed by atoms with E-state index >= 15 is 0 Å². The van der Waals surface area contributed by atoms with Crippen molar-refractivity contribution < 1.29 is 9.02 Å². The predicted octanol–water partition coefficient (Wildman–Crippen LogP) is 1.24. The van der Waals surface area contributed by atoms with Crippen LogP contribution in [0.15, 0.2) is 27.8 Å². The van der Waals surface area contributed by atoms with Gasteiger partial charge in [-0.3, -0.25) is 0 Å². The Morgan fingerprint density at radius 3 is 2.96 bits per heavy atom. The van der Waals surface area contributed by atoms with Gasteiger partial charge >= 0.3 is 0 Å². The largest absolute Gasteiger partial charge is 0.382 e. The summed E-state index contributed by atoms with van der Waals surface area (Å²) in [7, 11) is 0. The van der Waals surface area contributed by atoms with Crippen molar-refractivity contribution in [2.24, 2.45) is 10.7 Å². The van der Waals surface area contributed by atoms with Crippen LogP contribution >= 0.6 is 11.6 Å². The summed E-state index contributed by atoms with van der Waals surface area (Å²) >= 11 is 5.70. The lowest BCUT2D eigenvalue weighted by Gasteiger charge is -2.00. The zero-order valence-corrected chi connectivity index (χ0v) is 12.6. The average molecular weight is 337 g/mol. The molecule has 11 heteroatoms. The molecule has 0 saturated carbocycles. The second kappa shape index (κ2) is 6.08. The molecule has 0 aliphatic carbocycles. The van der Waals surface area contributed by atoms with E-state index in [-0.39, 0.29) is 23.1 Å². The molecule has 9 nitrogen and oxygen atoms in total. The third-order valence-electron chi connectivity index (χ3n) is 2.80. The number of rotatable bonds is 4. The van der Waals surface area contributed by atoms with E-state index in [9.17, 15) is 4.39 Å². The molecule has 3 rings (SSSR count). The Balaban J connectivity index is 1.87. The Hall–Kier alpha value is -2.88. The molecule has 0 radical (unpaired) electrons. The molecule has 23 heavy (non-hydrogen) atoms. The highest BCUT2D eigenvalue weighted by atomic mass is 35.5. The third-order valence-corrected chi connectivity index (χ3v) is 3.09. The van der Waals surface area contributed by atoms with Crippen molar-refractivity contribution in [2.75, 3.05) is 0 Å². The number of amidine groups is 1. The first-order chi connectivity index (χ1) is 11.0. The van der Waals surface area contributed by atoms with Crippen LogP contribution in [0.3, 0.4) is 0 Å². The summed E-state index contributed by atoms with van der Waals surface area (Å²) in [4.78, 5) is 5.45. The van der Waals surface area contributed by atoms with Crippen molar-refractivity contribution in [2.45, 2.75) is 13.5 Å². The SMILES string of the molecule is Cc1nnn(Cc2nonc2C(N)=Nc2ccc(F)c(Cl)c2)n1. The maximum absolute atomic E-state index is 13.1. The van der Waals surface area contributed by atoms with Crippen molar-refractivity contribution in [3.05, 3.63) is 46.3 Å². The van der Waals surface area contributed by atoms with E-state index in [4.69, 9.17) is 22.0 Å². The second-order valence-corrected chi connectivity index (χ2v) is 4.93. The minimum absolute atomic E-state index is 0.0424. The van der Waals surface area contributed by atoms with Gasteiger partial charge in [0.1, 0.15) is 18.1 Å². The van der Waals surface area contributed by atoms with Gasteiger partial charge in [0.05, 0.1) is 10.7 Å². The topological polar surface area (TPSA) is 121 Å². The molecular formula is C12H10ClFN8O. The number of tetrazole rings is 1. The summed E-state index contributed by atoms with van der Waals surface area (Å²) < 4.78 is 17.8. The number of nitrogens with two attached hydrogens (primary N) is 1. The van der Waals surface area contributed by atoms with Crippen LogP contribution in [-0.4, -0.2) is 36.4 Å². The maximum Gasteiger partial charge on any atom is 0.175 e. The fraction of sp³-hybridized carbons (Fsp3) is 0.167. The van der Waals surface area contributed by atoms with Crippen LogP contribution in [-0.2, 0) is 6.54 Å². The number of benzene rings is 1. The lowest BCUT2D eigenvalue weighted by Crippen LogP contribution is -2.17. The molecule has 0 amide bonds. The highest BCUT2D eigenvalue weighted by Crippen LogP contribution is 2.22. The molecule has 0 spiro atoms. The lowest BCUT2D eigenvalue weighted by atomic mass is 10.3. The van der Waals surface area contributed by atoms with Crippen LogP contribution in [0.25, 0.3) is 0 Å². The highest BCUT2D eigenvalue weighted by molar-refractivity contribution is 6.31. The first-order valence-electron chi connectivity index (χ1n) is 6.38. The molecule has 118 valence electrons. The Kier molecular flexibility index (Phi) is 3.98. The van der Waals surface area contributed by atoms with Gasteiger partial charge in [0.15, 0.2) is 17.4 Å². The van der Waals surface area contributed by atoms with Crippen LogP contribution < -0.4 is 5.73 Å². The monoisotopic (exact) mass is 336 g/mol. The minimum atomic E-state index is -0.541. The average Bonchev–Trinajstić information content (AvgIpc) is 3.12. The Labute approximate surface area is 133 Å². The fourth-order valence-electron chi connectivity index (χ4n) is 1.78. The molecule has 0 aliphatic rings. The summed E-state index contributed by atoms with van der Waals surface area (Å²) in [6.45, 7) is 1.87. The Morgan fingerprint density at radius 1 is 1.43 bits per heavy atom. The van der Waals surface area contributed by atoms with Crippen LogP contribution in [0.1, 0.15) is 17.2 Å². The number of aromatic nitrogens is 6. The number of nitrogens with zero attached hydrogens (tertiary/aromatic N) is 7. The van der Waals surface area contributed by atoms with Crippen molar-refractivity contribution in [3.8, 4) is 0 Å². The number of hydrogen-bond acceptors (Lipinski definition) is 7. The van der Waals surface area contributed by atoms with E-state index in [1.807, 2.05) is 0 Å².